The first kappa shape index (κ1) is 20.9. The van der Waals surface area contributed by atoms with Crippen LogP contribution in [-0.4, -0.2) is 27.5 Å². The highest BCUT2D eigenvalue weighted by Gasteiger charge is 2.34. The Bertz CT molecular complexity index is 1220. The smallest absolute Gasteiger partial charge is 0.232 e. The molecule has 0 radical (unpaired) electrons. The average molecular weight is 443 g/mol. The van der Waals surface area contributed by atoms with Crippen LogP contribution in [0.5, 0.6) is 5.75 Å². The van der Waals surface area contributed by atoms with Crippen molar-refractivity contribution < 1.29 is 18.4 Å². The Balaban J connectivity index is 1.21. The number of nitrogens with zero attached hydrogens (tertiary/aromatic N) is 3. The third-order valence-corrected chi connectivity index (χ3v) is 5.65. The molecular weight excluding hydrogens is 421 g/mol. The second kappa shape index (κ2) is 9.24. The topological polar surface area (TPSA) is 68.5 Å². The first-order valence-corrected chi connectivity index (χ1v) is 10.8. The minimum Gasteiger partial charge on any atom is -0.489 e. The van der Waals surface area contributed by atoms with Gasteiger partial charge in [0.25, 0.3) is 0 Å². The molecule has 5 rings (SSSR count). The van der Waals surface area contributed by atoms with Gasteiger partial charge in [-0.05, 0) is 47.5 Å². The zero-order chi connectivity index (χ0) is 22.6. The van der Waals surface area contributed by atoms with E-state index in [1.807, 2.05) is 54.6 Å². The number of benzene rings is 3. The molecule has 1 aliphatic heterocycles. The first-order chi connectivity index (χ1) is 16.1. The summed E-state index contributed by atoms with van der Waals surface area (Å²) in [7, 11) is 0. The summed E-state index contributed by atoms with van der Waals surface area (Å²) < 4.78 is 24.4. The highest BCUT2D eigenvalue weighted by atomic mass is 19.1. The van der Waals surface area contributed by atoms with Crippen molar-refractivity contribution in [1.82, 2.24) is 15.0 Å². The molecule has 0 aliphatic carbocycles. The molecule has 33 heavy (non-hydrogen) atoms. The lowest BCUT2D eigenvalue weighted by atomic mass is 10.1. The van der Waals surface area contributed by atoms with Crippen molar-refractivity contribution in [3.05, 3.63) is 102 Å². The molecule has 7 heteroatoms. The Labute approximate surface area is 190 Å². The van der Waals surface area contributed by atoms with Crippen LogP contribution in [0.4, 0.5) is 4.39 Å². The quantitative estimate of drug-likeness (QED) is 0.403. The fourth-order valence-electron chi connectivity index (χ4n) is 3.86. The molecule has 3 aromatic carbocycles. The molecule has 1 atom stereocenters. The normalized spacial score (nSPS) is 15.7. The lowest BCUT2D eigenvalue weighted by Crippen LogP contribution is -2.24. The van der Waals surface area contributed by atoms with Crippen LogP contribution in [0.15, 0.2) is 83.4 Å². The molecule has 4 aromatic rings. The lowest BCUT2D eigenvalue weighted by Gasteiger charge is -2.15. The second-order valence-electron chi connectivity index (χ2n) is 8.06. The van der Waals surface area contributed by atoms with E-state index in [1.54, 1.807) is 17.0 Å². The Morgan fingerprint density at radius 2 is 1.73 bits per heavy atom. The molecule has 1 aliphatic rings. The summed E-state index contributed by atoms with van der Waals surface area (Å²) in [4.78, 5) is 18.7. The number of likely N-dealkylation sites (tertiary alicyclic amines) is 1. The van der Waals surface area contributed by atoms with Gasteiger partial charge >= 0.3 is 0 Å². The van der Waals surface area contributed by atoms with E-state index in [-0.39, 0.29) is 17.6 Å². The van der Waals surface area contributed by atoms with Gasteiger partial charge in [-0.2, -0.15) is 4.98 Å². The molecule has 2 heterocycles. The predicted octanol–water partition coefficient (Wildman–Crippen LogP) is 4.97. The number of ether oxygens (including phenoxy) is 1. The maximum absolute atomic E-state index is 13.1. The Morgan fingerprint density at radius 3 is 2.48 bits per heavy atom. The number of aromatic nitrogens is 2. The summed E-state index contributed by atoms with van der Waals surface area (Å²) in [5, 5.41) is 4.10. The molecule has 6 nitrogen and oxygen atoms in total. The summed E-state index contributed by atoms with van der Waals surface area (Å²) in [5.74, 6) is 1.24. The minimum atomic E-state index is -0.293. The van der Waals surface area contributed by atoms with Crippen molar-refractivity contribution in [3.8, 4) is 17.1 Å². The third kappa shape index (κ3) is 4.92. The van der Waals surface area contributed by atoms with Crippen LogP contribution < -0.4 is 4.74 Å². The minimum absolute atomic E-state index is 0.0176. The van der Waals surface area contributed by atoms with Gasteiger partial charge in [0.1, 0.15) is 18.2 Å². The molecule has 0 spiro atoms. The molecule has 0 saturated carbocycles. The molecule has 1 saturated heterocycles. The van der Waals surface area contributed by atoms with E-state index in [9.17, 15) is 9.18 Å². The standard InChI is InChI=1S/C26H22FN3O3/c27-22-10-6-18(7-11-22)15-30-16-21(14-24(30)31)26-28-25(29-33-26)20-8-12-23(13-9-20)32-17-19-4-2-1-3-5-19/h1-13,21H,14-17H2. The van der Waals surface area contributed by atoms with E-state index in [1.165, 1.54) is 12.1 Å². The van der Waals surface area contributed by atoms with Crippen molar-refractivity contribution >= 4 is 5.91 Å². The Kier molecular flexibility index (Phi) is 5.85. The summed E-state index contributed by atoms with van der Waals surface area (Å²) in [6.45, 7) is 1.42. The zero-order valence-electron chi connectivity index (χ0n) is 17.9. The van der Waals surface area contributed by atoms with Crippen LogP contribution in [0.25, 0.3) is 11.4 Å². The van der Waals surface area contributed by atoms with Crippen molar-refractivity contribution in [3.63, 3.8) is 0 Å². The number of halogens is 1. The second-order valence-corrected chi connectivity index (χ2v) is 8.06. The monoisotopic (exact) mass is 443 g/mol. The number of amides is 1. The number of hydrogen-bond acceptors (Lipinski definition) is 5. The Morgan fingerprint density at radius 1 is 0.970 bits per heavy atom. The Hall–Kier alpha value is -4.00. The highest BCUT2D eigenvalue weighted by molar-refractivity contribution is 5.79. The SMILES string of the molecule is O=C1CC(c2nc(-c3ccc(OCc4ccccc4)cc3)no2)CN1Cc1ccc(F)cc1. The fraction of sp³-hybridized carbons (Fsp3) is 0.192. The van der Waals surface area contributed by atoms with Gasteiger partial charge in [-0.15, -0.1) is 0 Å². The van der Waals surface area contributed by atoms with E-state index in [0.29, 0.717) is 37.8 Å². The molecule has 1 unspecified atom stereocenters. The van der Waals surface area contributed by atoms with Crippen molar-refractivity contribution in [2.45, 2.75) is 25.5 Å². The summed E-state index contributed by atoms with van der Waals surface area (Å²) in [6, 6.07) is 23.7. The van der Waals surface area contributed by atoms with E-state index in [4.69, 9.17) is 9.26 Å². The molecule has 1 amide bonds. The van der Waals surface area contributed by atoms with Crippen LogP contribution in [0.2, 0.25) is 0 Å². The molecule has 0 N–H and O–H groups in total. The highest BCUT2D eigenvalue weighted by Crippen LogP contribution is 2.30. The summed E-state index contributed by atoms with van der Waals surface area (Å²) in [6.07, 6.45) is 0.315. The van der Waals surface area contributed by atoms with Gasteiger partial charge in [0, 0.05) is 25.1 Å². The maximum Gasteiger partial charge on any atom is 0.232 e. The lowest BCUT2D eigenvalue weighted by molar-refractivity contribution is -0.128. The van der Waals surface area contributed by atoms with Crippen molar-refractivity contribution in [2.75, 3.05) is 6.54 Å². The fourth-order valence-corrected chi connectivity index (χ4v) is 3.86. The van der Waals surface area contributed by atoms with E-state index >= 15 is 0 Å². The third-order valence-electron chi connectivity index (χ3n) is 5.65. The van der Waals surface area contributed by atoms with Crippen LogP contribution in [0.1, 0.15) is 29.4 Å². The summed E-state index contributed by atoms with van der Waals surface area (Å²) in [5.41, 5.74) is 2.79. The van der Waals surface area contributed by atoms with Gasteiger partial charge in [0.2, 0.25) is 17.6 Å². The maximum atomic E-state index is 13.1. The van der Waals surface area contributed by atoms with Crippen LogP contribution in [0.3, 0.4) is 0 Å². The van der Waals surface area contributed by atoms with E-state index in [2.05, 4.69) is 10.1 Å². The van der Waals surface area contributed by atoms with E-state index < -0.39 is 0 Å². The summed E-state index contributed by atoms with van der Waals surface area (Å²) >= 11 is 0. The van der Waals surface area contributed by atoms with Gasteiger partial charge in [0.05, 0.1) is 5.92 Å². The average Bonchev–Trinajstić information content (AvgIpc) is 3.47. The molecule has 166 valence electrons. The van der Waals surface area contributed by atoms with Gasteiger partial charge < -0.3 is 14.2 Å². The first-order valence-electron chi connectivity index (χ1n) is 10.8. The number of carbonyl (C=O) groups excluding carboxylic acids is 1. The predicted molar refractivity (Wildman–Crippen MR) is 120 cm³/mol. The molecule has 1 fully saturated rings. The number of hydrogen-bond donors (Lipinski definition) is 0. The molecular formula is C26H22FN3O3. The van der Waals surface area contributed by atoms with Gasteiger partial charge in [-0.1, -0.05) is 47.6 Å². The zero-order valence-corrected chi connectivity index (χ0v) is 17.9. The van der Waals surface area contributed by atoms with Crippen LogP contribution >= 0.6 is 0 Å². The number of rotatable bonds is 7. The number of carbonyl (C=O) groups is 1. The van der Waals surface area contributed by atoms with Crippen LogP contribution in [0, 0.1) is 5.82 Å². The largest absolute Gasteiger partial charge is 0.489 e. The van der Waals surface area contributed by atoms with Gasteiger partial charge in [0.15, 0.2) is 0 Å². The van der Waals surface area contributed by atoms with E-state index in [0.717, 1.165) is 22.4 Å². The molecule has 1 aromatic heterocycles. The van der Waals surface area contributed by atoms with Crippen molar-refractivity contribution in [2.24, 2.45) is 0 Å². The van der Waals surface area contributed by atoms with Gasteiger partial charge in [-0.3, -0.25) is 4.79 Å². The van der Waals surface area contributed by atoms with Crippen molar-refractivity contribution in [1.29, 1.82) is 0 Å². The molecule has 0 bridgehead atoms. The van der Waals surface area contributed by atoms with Crippen LogP contribution in [-0.2, 0) is 17.9 Å². The van der Waals surface area contributed by atoms with Gasteiger partial charge in [-0.25, -0.2) is 4.39 Å².